The van der Waals surface area contributed by atoms with E-state index in [9.17, 15) is 0 Å². The smallest absolute Gasteiger partial charge is 0.0715 e. The van der Waals surface area contributed by atoms with Gasteiger partial charge in [-0.3, -0.25) is 0 Å². The van der Waals surface area contributed by atoms with Crippen molar-refractivity contribution in [1.29, 1.82) is 0 Å². The van der Waals surface area contributed by atoms with Gasteiger partial charge in [0.2, 0.25) is 0 Å². The van der Waals surface area contributed by atoms with E-state index in [-0.39, 0.29) is 0 Å². The van der Waals surface area contributed by atoms with E-state index in [0.29, 0.717) is 0 Å². The van der Waals surface area contributed by atoms with Crippen molar-refractivity contribution < 1.29 is 7.85 Å². The molecule has 0 bridgehead atoms. The van der Waals surface area contributed by atoms with Gasteiger partial charge in [-0.1, -0.05) is 13.0 Å². The molecular weight excluding hydrogens is 76.1 g/mol. The van der Waals surface area contributed by atoms with Gasteiger partial charge in [0, 0.05) is 2.74 Å². The highest BCUT2D eigenvalue weighted by Crippen LogP contribution is 1.86. The first-order valence-electron chi connectivity index (χ1n) is 2.79. The third-order valence-corrected chi connectivity index (χ3v) is 0.519. The third-order valence-electron chi connectivity index (χ3n) is 0.519. The van der Waals surface area contributed by atoms with Crippen LogP contribution in [0.5, 0.6) is 0 Å². The molecule has 6 heavy (non-hydrogen) atoms. The molecule has 0 fully saturated rings. The third kappa shape index (κ3) is 1.97. The van der Waals surface area contributed by atoms with Crippen LogP contribution in [0, 0.1) is 0 Å². The molecule has 1 nitrogen and oxygen atoms in total. The molecule has 0 rings (SSSR count). The number of hydrogen-bond acceptors (Lipinski definition) is 1. The highest BCUT2D eigenvalue weighted by molar-refractivity contribution is 4.75. The highest BCUT2D eigenvalue weighted by atomic mass is 16.3. The topological polar surface area (TPSA) is 20.2 Å². The molecule has 1 heteroatoms. The Kier molecular flexibility index (Phi) is 1.36. The molecule has 0 saturated heterocycles. The lowest BCUT2D eigenvalue weighted by atomic mass is 10.3. The molecule has 0 aromatic rings. The van der Waals surface area contributed by atoms with Crippen molar-refractivity contribution in [2.24, 2.45) is 0 Å². The molecule has 36 valence electrons. The first kappa shape index (κ1) is 2.80. The van der Waals surface area contributed by atoms with Crippen LogP contribution >= 0.6 is 0 Å². The molecule has 1 atom stereocenters. The molecule has 0 amide bonds. The summed E-state index contributed by atoms with van der Waals surface area (Å²) in [6.07, 6.45) is -1.43. The van der Waals surface area contributed by atoms with E-state index in [1.54, 1.807) is 0 Å². The first-order chi connectivity index (χ1) is 3.48. The van der Waals surface area contributed by atoms with Crippen LogP contribution in [0.2, 0.25) is 0 Å². The quantitative estimate of drug-likeness (QED) is 0.498. The van der Waals surface area contributed by atoms with Gasteiger partial charge in [-0.05, 0) is 6.37 Å². The van der Waals surface area contributed by atoms with E-state index >= 15 is 0 Å². The molecular formula is C5H10O. The fourth-order valence-electron chi connectivity index (χ4n) is 0.118. The second-order valence-electron chi connectivity index (χ2n) is 0.969. The molecule has 0 aliphatic rings. The van der Waals surface area contributed by atoms with E-state index in [4.69, 9.17) is 7.85 Å². The summed E-state index contributed by atoms with van der Waals surface area (Å²) < 4.78 is 13.8. The second-order valence-corrected chi connectivity index (χ2v) is 0.969. The van der Waals surface area contributed by atoms with Crippen molar-refractivity contribution in [3.63, 3.8) is 0 Å². The van der Waals surface area contributed by atoms with Crippen LogP contribution in [0.3, 0.4) is 0 Å². The Morgan fingerprint density at radius 3 is 2.83 bits per heavy atom. The van der Waals surface area contributed by atoms with Gasteiger partial charge in [-0.15, -0.1) is 6.58 Å². The Hall–Kier alpha value is -0.300. The molecule has 0 radical (unpaired) electrons. The summed E-state index contributed by atoms with van der Waals surface area (Å²) in [5.41, 5.74) is 0. The Morgan fingerprint density at radius 1 is 2.33 bits per heavy atom. The average Bonchev–Trinajstić information content (AvgIpc) is 1.62. The van der Waals surface area contributed by atoms with Crippen molar-refractivity contribution in [3.05, 3.63) is 12.7 Å². The summed E-state index contributed by atoms with van der Waals surface area (Å²) in [7, 11) is 0. The maximum atomic E-state index is 8.70. The number of hydrogen-bond donors (Lipinski definition) is 1. The second kappa shape index (κ2) is 2.91. The van der Waals surface area contributed by atoms with E-state index in [1.165, 1.54) is 13.0 Å². The minimum atomic E-state index is -1.55. The van der Waals surface area contributed by atoms with Gasteiger partial charge < -0.3 is 5.11 Å². The van der Waals surface area contributed by atoms with Gasteiger partial charge in [0.25, 0.3) is 0 Å². The van der Waals surface area contributed by atoms with Crippen LogP contribution in [-0.4, -0.2) is 11.2 Å². The maximum Gasteiger partial charge on any atom is 0.0715 e. The van der Waals surface area contributed by atoms with Crippen molar-refractivity contribution in [1.82, 2.24) is 0 Å². The molecule has 0 aliphatic heterocycles. The molecule has 1 unspecified atom stereocenters. The van der Waals surface area contributed by atoms with Crippen molar-refractivity contribution in [2.75, 3.05) is 0 Å². The predicted molar refractivity (Wildman–Crippen MR) is 26.5 cm³/mol. The van der Waals surface area contributed by atoms with E-state index in [0.717, 1.165) is 0 Å². The molecule has 0 saturated carbocycles. The largest absolute Gasteiger partial charge is 0.389 e. The highest BCUT2D eigenvalue weighted by Gasteiger charge is 1.86. The van der Waals surface area contributed by atoms with Gasteiger partial charge in [0.1, 0.15) is 0 Å². The van der Waals surface area contributed by atoms with Crippen LogP contribution in [-0.2, 0) is 0 Å². The minimum absolute atomic E-state index is 1.05. The first-order valence-corrected chi connectivity index (χ1v) is 1.79. The lowest BCUT2D eigenvalue weighted by Gasteiger charge is -1.93. The van der Waals surface area contributed by atoms with Gasteiger partial charge in [-0.25, -0.2) is 0 Å². The minimum Gasteiger partial charge on any atom is -0.389 e. The van der Waals surface area contributed by atoms with Crippen LogP contribution in [0.4, 0.5) is 0 Å². The Balaban J connectivity index is 3.80. The van der Waals surface area contributed by atoms with Gasteiger partial charge >= 0.3 is 0 Å². The molecule has 1 N–H and O–H groups in total. The lowest BCUT2D eigenvalue weighted by Crippen LogP contribution is -1.95. The van der Waals surface area contributed by atoms with Gasteiger partial charge in [0.15, 0.2) is 0 Å². The Morgan fingerprint density at radius 2 is 2.83 bits per heavy atom. The summed E-state index contributed by atoms with van der Waals surface area (Å²) >= 11 is 0. The monoisotopic (exact) mass is 88.1 g/mol. The fourth-order valence-corrected chi connectivity index (χ4v) is 0.118. The molecule has 0 spiro atoms. The van der Waals surface area contributed by atoms with E-state index in [1.807, 2.05) is 0 Å². The summed E-state index contributed by atoms with van der Waals surface area (Å²) in [6.45, 7) is 4.54. The summed E-state index contributed by atoms with van der Waals surface area (Å²) in [5.74, 6) is 0. The normalized spacial score (nSPS) is 21.0. The van der Waals surface area contributed by atoms with Crippen LogP contribution in [0.25, 0.3) is 0 Å². The zero-order valence-electron chi connectivity index (χ0n) is 5.81. The van der Waals surface area contributed by atoms with Crippen LogP contribution in [0.15, 0.2) is 12.7 Å². The summed E-state index contributed by atoms with van der Waals surface area (Å²) in [5, 5.41) is 8.70. The van der Waals surface area contributed by atoms with Crippen molar-refractivity contribution in [2.45, 2.75) is 19.4 Å². The Labute approximate surface area is 41.1 Å². The number of aliphatic hydroxyl groups excluding tert-OH is 1. The predicted octanol–water partition coefficient (Wildman–Crippen LogP) is 0.943. The zero-order chi connectivity index (χ0) is 6.78. The summed E-state index contributed by atoms with van der Waals surface area (Å²) in [6, 6.07) is 0. The zero-order valence-corrected chi connectivity index (χ0v) is 3.81. The number of aliphatic hydroxyl groups is 1. The molecule has 0 aromatic carbocycles. The van der Waals surface area contributed by atoms with E-state index < -0.39 is 12.5 Å². The molecule has 0 heterocycles. The van der Waals surface area contributed by atoms with Crippen molar-refractivity contribution in [3.8, 4) is 0 Å². The van der Waals surface area contributed by atoms with Crippen LogP contribution in [0.1, 0.15) is 16.0 Å². The molecule has 0 aromatic heterocycles. The SMILES string of the molecule is [2H]C([2H])(C)C(O)C=C. The van der Waals surface area contributed by atoms with Crippen molar-refractivity contribution >= 4 is 0 Å². The Bertz CT molecular complexity index is 84.9. The summed E-state index contributed by atoms with van der Waals surface area (Å²) in [4.78, 5) is 0. The maximum absolute atomic E-state index is 8.70. The van der Waals surface area contributed by atoms with E-state index in [2.05, 4.69) is 6.58 Å². The van der Waals surface area contributed by atoms with Gasteiger partial charge in [0.05, 0.1) is 6.10 Å². The lowest BCUT2D eigenvalue weighted by molar-refractivity contribution is 0.219. The van der Waals surface area contributed by atoms with Gasteiger partial charge in [-0.2, -0.15) is 0 Å². The standard InChI is InChI=1S/C5H10O/c1-3-5(6)4-2/h3,5-6H,1,4H2,2H3/i4D2. The fraction of sp³-hybridized carbons (Fsp3) is 0.600. The molecule has 0 aliphatic carbocycles. The average molecular weight is 88.1 g/mol. The number of rotatable bonds is 2. The van der Waals surface area contributed by atoms with Crippen LogP contribution < -0.4 is 0 Å².